The summed E-state index contributed by atoms with van der Waals surface area (Å²) in [5, 5.41) is 8.92. The van der Waals surface area contributed by atoms with Crippen molar-refractivity contribution in [2.45, 2.75) is 32.4 Å². The van der Waals surface area contributed by atoms with Gasteiger partial charge in [-0.25, -0.2) is 8.42 Å². The van der Waals surface area contributed by atoms with Crippen molar-refractivity contribution in [3.8, 4) is 0 Å². The van der Waals surface area contributed by atoms with Gasteiger partial charge in [-0.1, -0.05) is 12.1 Å². The molecule has 0 aliphatic carbocycles. The number of carbonyl (C=O) groups is 2. The topological polar surface area (TPSA) is 95.0 Å². The van der Waals surface area contributed by atoms with Gasteiger partial charge in [0.25, 0.3) is 5.91 Å². The van der Waals surface area contributed by atoms with Crippen molar-refractivity contribution < 1.29 is 23.1 Å². The van der Waals surface area contributed by atoms with Crippen LogP contribution >= 0.6 is 0 Å². The van der Waals surface area contributed by atoms with Gasteiger partial charge in [-0.3, -0.25) is 14.5 Å². The number of fused-ring (bicyclic) bond motifs is 1. The van der Waals surface area contributed by atoms with Crippen LogP contribution in [0.2, 0.25) is 0 Å². The van der Waals surface area contributed by atoms with E-state index in [-0.39, 0.29) is 29.9 Å². The lowest BCUT2D eigenvalue weighted by Gasteiger charge is -2.44. The molecular weight excluding hydrogens is 356 g/mol. The summed E-state index contributed by atoms with van der Waals surface area (Å²) in [6, 6.07) is 4.80. The molecule has 1 N–H and O–H groups in total. The highest BCUT2D eigenvalue weighted by Gasteiger charge is 2.48. The van der Waals surface area contributed by atoms with Crippen LogP contribution in [0.1, 0.15) is 27.9 Å². The van der Waals surface area contributed by atoms with Gasteiger partial charge in [0.1, 0.15) is 0 Å². The summed E-state index contributed by atoms with van der Waals surface area (Å²) < 4.78 is 24.5. The molecule has 2 heterocycles. The first kappa shape index (κ1) is 18.8. The molecule has 1 aromatic rings. The highest BCUT2D eigenvalue weighted by molar-refractivity contribution is 7.91. The van der Waals surface area contributed by atoms with E-state index in [1.807, 2.05) is 30.9 Å². The van der Waals surface area contributed by atoms with Gasteiger partial charge in [0.2, 0.25) is 0 Å². The summed E-state index contributed by atoms with van der Waals surface area (Å²) in [5.41, 5.74) is 2.53. The lowest BCUT2D eigenvalue weighted by atomic mass is 9.99. The monoisotopic (exact) mass is 380 g/mol. The van der Waals surface area contributed by atoms with Crippen LogP contribution in [0.25, 0.3) is 0 Å². The van der Waals surface area contributed by atoms with E-state index in [0.717, 1.165) is 11.1 Å². The molecule has 1 aromatic carbocycles. The number of amides is 1. The number of carboxylic acid groups (broad SMARTS) is 1. The van der Waals surface area contributed by atoms with Crippen molar-refractivity contribution in [3.63, 3.8) is 0 Å². The quantitative estimate of drug-likeness (QED) is 0.826. The van der Waals surface area contributed by atoms with Gasteiger partial charge in [-0.15, -0.1) is 0 Å². The summed E-state index contributed by atoms with van der Waals surface area (Å²) in [7, 11) is -3.25. The van der Waals surface area contributed by atoms with E-state index in [1.54, 1.807) is 11.0 Å². The van der Waals surface area contributed by atoms with E-state index < -0.39 is 21.8 Å². The van der Waals surface area contributed by atoms with E-state index in [1.165, 1.54) is 0 Å². The molecule has 8 heteroatoms. The van der Waals surface area contributed by atoms with Crippen LogP contribution in [0.15, 0.2) is 18.2 Å². The van der Waals surface area contributed by atoms with Crippen molar-refractivity contribution in [1.82, 2.24) is 9.80 Å². The molecule has 0 aromatic heterocycles. The highest BCUT2D eigenvalue weighted by atomic mass is 32.2. The van der Waals surface area contributed by atoms with Crippen LogP contribution in [0.3, 0.4) is 0 Å². The summed E-state index contributed by atoms with van der Waals surface area (Å²) in [4.78, 5) is 27.6. The molecule has 3 rings (SSSR count). The zero-order chi connectivity index (χ0) is 19.1. The molecule has 0 radical (unpaired) electrons. The average Bonchev–Trinajstić information content (AvgIpc) is 2.89. The SMILES string of the molecule is Cc1cccc(C(=O)N2CCN(CCC(=O)O)C3CS(=O)(=O)CC32)c1C. The summed E-state index contributed by atoms with van der Waals surface area (Å²) in [6.45, 7) is 5.04. The van der Waals surface area contributed by atoms with E-state index in [2.05, 4.69) is 0 Å². The number of nitrogens with zero attached hydrogens (tertiary/aromatic N) is 2. The standard InChI is InChI=1S/C18H24N2O5S/c1-12-4-3-5-14(13(12)2)18(23)20-9-8-19(7-6-17(21)22)15-10-26(24,25)11-16(15)20/h3-5,15-16H,6-11H2,1-2H3,(H,21,22). The van der Waals surface area contributed by atoms with Crippen LogP contribution in [0, 0.1) is 13.8 Å². The summed E-state index contributed by atoms with van der Waals surface area (Å²) in [5.74, 6) is -1.13. The Kier molecular flexibility index (Phi) is 5.07. The van der Waals surface area contributed by atoms with E-state index in [0.29, 0.717) is 25.2 Å². The third kappa shape index (κ3) is 3.61. The van der Waals surface area contributed by atoms with Gasteiger partial charge < -0.3 is 10.0 Å². The van der Waals surface area contributed by atoms with Crippen LogP contribution in [-0.4, -0.2) is 78.4 Å². The molecular formula is C18H24N2O5S. The third-order valence-electron chi connectivity index (χ3n) is 5.50. The average molecular weight is 380 g/mol. The molecule has 2 fully saturated rings. The molecule has 0 bridgehead atoms. The Bertz CT molecular complexity index is 836. The van der Waals surface area contributed by atoms with Gasteiger partial charge in [-0.05, 0) is 31.0 Å². The Morgan fingerprint density at radius 3 is 2.54 bits per heavy atom. The zero-order valence-corrected chi connectivity index (χ0v) is 15.8. The minimum absolute atomic E-state index is 0.0200. The number of benzene rings is 1. The number of carbonyl (C=O) groups excluding carboxylic acids is 1. The van der Waals surface area contributed by atoms with Gasteiger partial charge >= 0.3 is 5.97 Å². The third-order valence-corrected chi connectivity index (χ3v) is 7.20. The predicted octanol–water partition coefficient (Wildman–Crippen LogP) is 0.702. The number of carboxylic acids is 1. The number of aryl methyl sites for hydroxylation is 1. The first-order valence-corrected chi connectivity index (χ1v) is 10.5. The largest absolute Gasteiger partial charge is 0.481 e. The molecule has 0 saturated carbocycles. The highest BCUT2D eigenvalue weighted by Crippen LogP contribution is 2.29. The van der Waals surface area contributed by atoms with Crippen molar-refractivity contribution in [2.24, 2.45) is 0 Å². The summed E-state index contributed by atoms with van der Waals surface area (Å²) >= 11 is 0. The Labute approximate surface area is 153 Å². The van der Waals surface area contributed by atoms with E-state index in [4.69, 9.17) is 5.11 Å². The van der Waals surface area contributed by atoms with Crippen molar-refractivity contribution in [2.75, 3.05) is 31.1 Å². The number of rotatable bonds is 4. The van der Waals surface area contributed by atoms with E-state index in [9.17, 15) is 18.0 Å². The lowest BCUT2D eigenvalue weighted by molar-refractivity contribution is -0.137. The van der Waals surface area contributed by atoms with E-state index >= 15 is 0 Å². The van der Waals surface area contributed by atoms with Crippen LogP contribution < -0.4 is 0 Å². The Morgan fingerprint density at radius 1 is 1.15 bits per heavy atom. The summed E-state index contributed by atoms with van der Waals surface area (Å²) in [6.07, 6.45) is -0.0335. The first-order chi connectivity index (χ1) is 12.2. The number of hydrogen-bond donors (Lipinski definition) is 1. The van der Waals surface area contributed by atoms with Crippen molar-refractivity contribution >= 4 is 21.7 Å². The molecule has 7 nitrogen and oxygen atoms in total. The van der Waals surface area contributed by atoms with Crippen LogP contribution in [0.4, 0.5) is 0 Å². The Morgan fingerprint density at radius 2 is 1.85 bits per heavy atom. The van der Waals surface area contributed by atoms with Gasteiger partial charge in [0, 0.05) is 31.2 Å². The lowest BCUT2D eigenvalue weighted by Crippen LogP contribution is -2.60. The maximum atomic E-state index is 13.1. The molecule has 0 spiro atoms. The Balaban J connectivity index is 1.87. The molecule has 2 saturated heterocycles. The Hall–Kier alpha value is -1.93. The minimum atomic E-state index is -3.25. The maximum Gasteiger partial charge on any atom is 0.304 e. The fraction of sp³-hybridized carbons (Fsp3) is 0.556. The number of sulfone groups is 1. The minimum Gasteiger partial charge on any atom is -0.481 e. The van der Waals surface area contributed by atoms with Gasteiger partial charge in [0.05, 0.1) is 24.0 Å². The second kappa shape index (κ2) is 7.00. The fourth-order valence-corrected chi connectivity index (χ4v) is 5.94. The first-order valence-electron chi connectivity index (χ1n) is 8.73. The van der Waals surface area contributed by atoms with Crippen LogP contribution in [-0.2, 0) is 14.6 Å². The van der Waals surface area contributed by atoms with Crippen molar-refractivity contribution in [1.29, 1.82) is 0 Å². The number of aliphatic carboxylic acids is 1. The second-order valence-corrected chi connectivity index (χ2v) is 9.29. The fourth-order valence-electron chi connectivity index (χ4n) is 3.93. The van der Waals surface area contributed by atoms with Gasteiger partial charge in [0.15, 0.2) is 9.84 Å². The number of piperazine rings is 1. The number of hydrogen-bond acceptors (Lipinski definition) is 5. The smallest absolute Gasteiger partial charge is 0.304 e. The van der Waals surface area contributed by atoms with Crippen LogP contribution in [0.5, 0.6) is 0 Å². The molecule has 142 valence electrons. The molecule has 1 amide bonds. The second-order valence-electron chi connectivity index (χ2n) is 7.14. The maximum absolute atomic E-state index is 13.1. The zero-order valence-electron chi connectivity index (χ0n) is 15.0. The van der Waals surface area contributed by atoms with Gasteiger partial charge in [-0.2, -0.15) is 0 Å². The normalized spacial score (nSPS) is 25.1. The molecule has 2 atom stereocenters. The van der Waals surface area contributed by atoms with Crippen molar-refractivity contribution in [3.05, 3.63) is 34.9 Å². The molecule has 26 heavy (non-hydrogen) atoms. The molecule has 2 aliphatic rings. The molecule has 2 unspecified atom stereocenters. The molecule has 2 aliphatic heterocycles. The predicted molar refractivity (Wildman–Crippen MR) is 97.0 cm³/mol.